The van der Waals surface area contributed by atoms with Gasteiger partial charge in [-0.1, -0.05) is 18.2 Å². The Morgan fingerprint density at radius 2 is 1.79 bits per heavy atom. The van der Waals surface area contributed by atoms with E-state index in [1.54, 1.807) is 56.4 Å². The molecule has 0 aliphatic heterocycles. The van der Waals surface area contributed by atoms with Crippen LogP contribution in [0.4, 0.5) is 14.9 Å². The summed E-state index contributed by atoms with van der Waals surface area (Å²) >= 11 is 0. The average molecular weight is 330 g/mol. The van der Waals surface area contributed by atoms with Crippen LogP contribution in [0.25, 0.3) is 0 Å². The Hall–Kier alpha value is -2.89. The predicted octanol–water partition coefficient (Wildman–Crippen LogP) is 3.67. The summed E-state index contributed by atoms with van der Waals surface area (Å²) in [5.41, 5.74) is 1.43. The minimum atomic E-state index is -0.548. The maximum absolute atomic E-state index is 13.7. The lowest BCUT2D eigenvalue weighted by Gasteiger charge is -2.18. The Balaban J connectivity index is 2.01. The van der Waals surface area contributed by atoms with E-state index in [1.807, 2.05) is 0 Å². The first kappa shape index (κ1) is 17.5. The van der Waals surface area contributed by atoms with Crippen LogP contribution in [-0.2, 0) is 11.3 Å². The van der Waals surface area contributed by atoms with E-state index in [-0.39, 0.29) is 24.9 Å². The van der Waals surface area contributed by atoms with Crippen LogP contribution in [0, 0.1) is 5.82 Å². The third-order valence-corrected chi connectivity index (χ3v) is 3.37. The maximum Gasteiger partial charge on any atom is 0.411 e. The van der Waals surface area contributed by atoms with Gasteiger partial charge < -0.3 is 9.64 Å². The lowest BCUT2D eigenvalue weighted by Crippen LogP contribution is -2.26. The number of nitrogens with one attached hydrogen (secondary N) is 1. The molecule has 0 bridgehead atoms. The molecule has 5 nitrogen and oxygen atoms in total. The van der Waals surface area contributed by atoms with Crippen molar-refractivity contribution in [2.24, 2.45) is 0 Å². The zero-order valence-electron chi connectivity index (χ0n) is 13.6. The van der Waals surface area contributed by atoms with Gasteiger partial charge in [0.15, 0.2) is 0 Å². The van der Waals surface area contributed by atoms with Gasteiger partial charge in [-0.25, -0.2) is 9.18 Å². The highest BCUT2D eigenvalue weighted by Crippen LogP contribution is 2.14. The normalized spacial score (nSPS) is 10.1. The van der Waals surface area contributed by atoms with Crippen molar-refractivity contribution in [2.75, 3.05) is 19.0 Å². The Labute approximate surface area is 140 Å². The number of hydrogen-bond acceptors (Lipinski definition) is 3. The van der Waals surface area contributed by atoms with Crippen LogP contribution >= 0.6 is 0 Å². The van der Waals surface area contributed by atoms with E-state index in [2.05, 4.69) is 5.32 Å². The number of halogens is 1. The summed E-state index contributed by atoms with van der Waals surface area (Å²) in [7, 11) is 1.61. The third-order valence-electron chi connectivity index (χ3n) is 3.37. The fourth-order valence-electron chi connectivity index (χ4n) is 2.16. The van der Waals surface area contributed by atoms with E-state index in [9.17, 15) is 14.0 Å². The molecule has 0 saturated heterocycles. The van der Waals surface area contributed by atoms with Crippen LogP contribution < -0.4 is 5.32 Å². The highest BCUT2D eigenvalue weighted by atomic mass is 19.1. The van der Waals surface area contributed by atoms with E-state index in [4.69, 9.17) is 4.74 Å². The Morgan fingerprint density at radius 1 is 1.12 bits per heavy atom. The first-order valence-corrected chi connectivity index (χ1v) is 7.54. The van der Waals surface area contributed by atoms with Crippen molar-refractivity contribution in [3.05, 3.63) is 65.5 Å². The van der Waals surface area contributed by atoms with Crippen molar-refractivity contribution in [3.63, 3.8) is 0 Å². The zero-order valence-corrected chi connectivity index (χ0v) is 13.6. The van der Waals surface area contributed by atoms with Crippen molar-refractivity contribution in [2.45, 2.75) is 13.5 Å². The topological polar surface area (TPSA) is 58.6 Å². The number of nitrogens with zero attached hydrogens (tertiary/aromatic N) is 1. The van der Waals surface area contributed by atoms with Crippen molar-refractivity contribution in [1.29, 1.82) is 0 Å². The van der Waals surface area contributed by atoms with E-state index in [0.717, 1.165) is 0 Å². The molecule has 0 saturated carbocycles. The summed E-state index contributed by atoms with van der Waals surface area (Å²) in [5.74, 6) is -0.577. The molecule has 0 radical (unpaired) electrons. The summed E-state index contributed by atoms with van der Waals surface area (Å²) in [6.07, 6.45) is -0.548. The number of carbonyl (C=O) groups excluding carboxylic acids is 2. The minimum absolute atomic E-state index is 0.175. The van der Waals surface area contributed by atoms with Gasteiger partial charge in [-0.15, -0.1) is 0 Å². The zero-order chi connectivity index (χ0) is 17.5. The Morgan fingerprint density at radius 3 is 2.42 bits per heavy atom. The van der Waals surface area contributed by atoms with Gasteiger partial charge in [0, 0.05) is 30.4 Å². The van der Waals surface area contributed by atoms with Crippen LogP contribution in [0.15, 0.2) is 48.5 Å². The van der Waals surface area contributed by atoms with Crippen molar-refractivity contribution >= 4 is 17.7 Å². The van der Waals surface area contributed by atoms with Gasteiger partial charge in [-0.05, 0) is 37.3 Å². The molecule has 126 valence electrons. The number of ether oxygens (including phenoxy) is 1. The molecule has 2 amide bonds. The molecule has 0 aromatic heterocycles. The molecule has 0 aliphatic rings. The highest BCUT2D eigenvalue weighted by molar-refractivity contribution is 5.95. The van der Waals surface area contributed by atoms with Gasteiger partial charge in [0.25, 0.3) is 5.91 Å². The molecule has 0 spiro atoms. The van der Waals surface area contributed by atoms with Crippen LogP contribution in [-0.4, -0.2) is 30.6 Å². The second-order valence-electron chi connectivity index (χ2n) is 5.18. The number of hydrogen-bond donors (Lipinski definition) is 1. The molecule has 2 rings (SSSR count). The second-order valence-corrected chi connectivity index (χ2v) is 5.18. The Bertz CT molecular complexity index is 716. The smallest absolute Gasteiger partial charge is 0.411 e. The van der Waals surface area contributed by atoms with Crippen LogP contribution in [0.3, 0.4) is 0 Å². The van der Waals surface area contributed by atoms with E-state index < -0.39 is 6.09 Å². The summed E-state index contributed by atoms with van der Waals surface area (Å²) < 4.78 is 18.4. The molecule has 24 heavy (non-hydrogen) atoms. The molecule has 6 heteroatoms. The van der Waals surface area contributed by atoms with Gasteiger partial charge in [0.1, 0.15) is 5.82 Å². The average Bonchev–Trinajstić information content (AvgIpc) is 2.57. The molecule has 0 heterocycles. The van der Waals surface area contributed by atoms with Gasteiger partial charge in [-0.3, -0.25) is 10.1 Å². The van der Waals surface area contributed by atoms with Crippen molar-refractivity contribution < 1.29 is 18.7 Å². The molecular formula is C18H19FN2O3. The van der Waals surface area contributed by atoms with E-state index in [0.29, 0.717) is 16.8 Å². The highest BCUT2D eigenvalue weighted by Gasteiger charge is 2.14. The van der Waals surface area contributed by atoms with Gasteiger partial charge in [0.2, 0.25) is 0 Å². The summed E-state index contributed by atoms with van der Waals surface area (Å²) in [4.78, 5) is 25.2. The van der Waals surface area contributed by atoms with E-state index >= 15 is 0 Å². The first-order chi connectivity index (χ1) is 11.5. The lowest BCUT2D eigenvalue weighted by atomic mass is 10.1. The SMILES string of the molecule is CCOC(=O)Nc1ccc(C(=O)N(C)Cc2ccccc2F)cc1. The van der Waals surface area contributed by atoms with Crippen LogP contribution in [0.2, 0.25) is 0 Å². The molecule has 0 aliphatic carbocycles. The molecule has 2 aromatic rings. The minimum Gasteiger partial charge on any atom is -0.450 e. The molecule has 0 unspecified atom stereocenters. The second kappa shape index (κ2) is 8.10. The maximum atomic E-state index is 13.7. The fraction of sp³-hybridized carbons (Fsp3) is 0.222. The van der Waals surface area contributed by atoms with Gasteiger partial charge in [0.05, 0.1) is 6.61 Å². The first-order valence-electron chi connectivity index (χ1n) is 7.54. The molecular weight excluding hydrogens is 311 g/mol. The third kappa shape index (κ3) is 4.55. The monoisotopic (exact) mass is 330 g/mol. The largest absolute Gasteiger partial charge is 0.450 e. The molecule has 2 aromatic carbocycles. The van der Waals surface area contributed by atoms with Crippen LogP contribution in [0.1, 0.15) is 22.8 Å². The van der Waals surface area contributed by atoms with Crippen molar-refractivity contribution in [1.82, 2.24) is 4.90 Å². The van der Waals surface area contributed by atoms with E-state index in [1.165, 1.54) is 11.0 Å². The predicted molar refractivity (Wildman–Crippen MR) is 89.3 cm³/mol. The number of carbonyl (C=O) groups is 2. The van der Waals surface area contributed by atoms with Gasteiger partial charge in [-0.2, -0.15) is 0 Å². The standard InChI is InChI=1S/C18H19FN2O3/c1-3-24-18(23)20-15-10-8-13(9-11-15)17(22)21(2)12-14-6-4-5-7-16(14)19/h4-11H,3,12H2,1-2H3,(H,20,23). The quantitative estimate of drug-likeness (QED) is 0.910. The summed E-state index contributed by atoms with van der Waals surface area (Å²) in [5, 5.41) is 2.55. The number of anilines is 1. The number of amides is 2. The lowest BCUT2D eigenvalue weighted by molar-refractivity contribution is 0.0784. The fourth-order valence-corrected chi connectivity index (χ4v) is 2.16. The summed E-state index contributed by atoms with van der Waals surface area (Å²) in [6, 6.07) is 12.8. The summed E-state index contributed by atoms with van der Waals surface area (Å²) in [6.45, 7) is 2.17. The number of benzene rings is 2. The van der Waals surface area contributed by atoms with Gasteiger partial charge >= 0.3 is 6.09 Å². The number of rotatable bonds is 5. The van der Waals surface area contributed by atoms with Crippen LogP contribution in [0.5, 0.6) is 0 Å². The molecule has 1 N–H and O–H groups in total. The molecule has 0 atom stereocenters. The Kier molecular flexibility index (Phi) is 5.89. The molecule has 0 fully saturated rings. The van der Waals surface area contributed by atoms with Crippen molar-refractivity contribution in [3.8, 4) is 0 Å².